The summed E-state index contributed by atoms with van der Waals surface area (Å²) in [5.74, 6) is 2.64. The lowest BCUT2D eigenvalue weighted by molar-refractivity contribution is -0.611. The van der Waals surface area contributed by atoms with Gasteiger partial charge in [0.1, 0.15) is 17.3 Å². The van der Waals surface area contributed by atoms with Crippen LogP contribution in [0.4, 0.5) is 0 Å². The Bertz CT molecular complexity index is 3820. The van der Waals surface area contributed by atoms with Crippen molar-refractivity contribution in [3.63, 3.8) is 0 Å². The molecule has 0 radical (unpaired) electrons. The van der Waals surface area contributed by atoms with Crippen LogP contribution in [-0.2, 0) is 16.2 Å². The van der Waals surface area contributed by atoms with Crippen LogP contribution in [-0.4, -0.2) is 14.1 Å². The Kier molecular flexibility index (Phi) is 12.3. The highest BCUT2D eigenvalue weighted by Gasteiger charge is 2.28. The summed E-state index contributed by atoms with van der Waals surface area (Å²) in [5, 5.41) is 2.30. The molecule has 0 N–H and O–H groups in total. The Morgan fingerprint density at radius 1 is 0.500 bits per heavy atom. The van der Waals surface area contributed by atoms with E-state index in [0.29, 0.717) is 5.92 Å². The first-order valence-corrected chi connectivity index (χ1v) is 26.0. The third-order valence-corrected chi connectivity index (χ3v) is 15.1. The highest BCUT2D eigenvalue weighted by molar-refractivity contribution is 6.09. The van der Waals surface area contributed by atoms with E-state index in [9.17, 15) is 0 Å². The van der Waals surface area contributed by atoms with E-state index in [0.717, 1.165) is 67.3 Å². The van der Waals surface area contributed by atoms with Crippen LogP contribution in [0.2, 0.25) is 0 Å². The van der Waals surface area contributed by atoms with Crippen LogP contribution >= 0.6 is 0 Å². The van der Waals surface area contributed by atoms with Gasteiger partial charge in [0.2, 0.25) is 0 Å². The lowest BCUT2D eigenvalue weighted by Crippen LogP contribution is -2.39. The van der Waals surface area contributed by atoms with E-state index in [1.807, 2.05) is 6.20 Å². The zero-order valence-electron chi connectivity index (χ0n) is 44.1. The van der Waals surface area contributed by atoms with Gasteiger partial charge in [-0.1, -0.05) is 202 Å². The molecule has 0 aliphatic heterocycles. The minimum atomic E-state index is -0.270. The van der Waals surface area contributed by atoms with Crippen LogP contribution in [0, 0.1) is 6.33 Å². The molecule has 0 spiro atoms. The smallest absolute Gasteiger partial charge is 0.269 e. The third-order valence-electron chi connectivity index (χ3n) is 15.1. The molecule has 11 aromatic rings. The van der Waals surface area contributed by atoms with Crippen LogP contribution in [0.15, 0.2) is 219 Å². The predicted molar refractivity (Wildman–Crippen MR) is 306 cm³/mol. The van der Waals surface area contributed by atoms with E-state index in [4.69, 9.17) is 9.72 Å². The summed E-state index contributed by atoms with van der Waals surface area (Å²) in [7, 11) is 0. The standard InChI is InChI=1S/C69H64N4O/c1-47(2)59-29-19-20-30-60(59)50-39-55(71-45-65(67(3,4)5)72(46-71)56-38-49(48-23-13-10-14-24-48)37-54(41-56)69(8,9)52-27-17-12-18-28-52)43-58(40-50)74-57-33-34-62-61-31-21-22-32-63(61)73(64(62)44-57)66-42-53(35-36-70-66)68(6,7)51-25-15-11-16-26-51/h10-45,47H,1-9H3. The van der Waals surface area contributed by atoms with Crippen molar-refractivity contribution >= 4 is 21.8 Å². The van der Waals surface area contributed by atoms with Gasteiger partial charge in [-0.25, -0.2) is 4.98 Å². The van der Waals surface area contributed by atoms with Crippen molar-refractivity contribution in [1.82, 2.24) is 14.1 Å². The molecule has 0 aliphatic carbocycles. The highest BCUT2D eigenvalue weighted by Crippen LogP contribution is 2.41. The molecule has 0 bridgehead atoms. The molecule has 0 atom stereocenters. The van der Waals surface area contributed by atoms with Gasteiger partial charge >= 0.3 is 0 Å². The fourth-order valence-electron chi connectivity index (χ4n) is 10.7. The fourth-order valence-corrected chi connectivity index (χ4v) is 10.7. The molecule has 5 nitrogen and oxygen atoms in total. The summed E-state index contributed by atoms with van der Waals surface area (Å²) < 4.78 is 13.8. The van der Waals surface area contributed by atoms with E-state index in [2.05, 4.69) is 295 Å². The van der Waals surface area contributed by atoms with Gasteiger partial charge in [0.15, 0.2) is 0 Å². The van der Waals surface area contributed by atoms with Crippen molar-refractivity contribution < 1.29 is 9.30 Å². The molecular weight excluding hydrogens is 901 g/mol. The molecule has 366 valence electrons. The van der Waals surface area contributed by atoms with Crippen molar-refractivity contribution in [2.24, 2.45) is 0 Å². The van der Waals surface area contributed by atoms with E-state index >= 15 is 0 Å². The molecule has 0 unspecified atom stereocenters. The second-order valence-electron chi connectivity index (χ2n) is 22.2. The summed E-state index contributed by atoms with van der Waals surface area (Å²) in [6.45, 7) is 20.6. The van der Waals surface area contributed by atoms with Gasteiger partial charge in [-0.2, -0.15) is 0 Å². The molecule has 0 saturated carbocycles. The molecule has 3 aromatic heterocycles. The van der Waals surface area contributed by atoms with Crippen LogP contribution in [0.1, 0.15) is 102 Å². The summed E-state index contributed by atoms with van der Waals surface area (Å²) in [6, 6.07) is 74.0. The number of hydrogen-bond acceptors (Lipinski definition) is 2. The van der Waals surface area contributed by atoms with E-state index in [1.165, 1.54) is 38.9 Å². The van der Waals surface area contributed by atoms with Gasteiger partial charge in [-0.3, -0.25) is 13.7 Å². The van der Waals surface area contributed by atoms with Crippen LogP contribution < -0.4 is 9.30 Å². The van der Waals surface area contributed by atoms with Gasteiger partial charge in [0.05, 0.1) is 28.1 Å². The monoisotopic (exact) mass is 965 g/mol. The second-order valence-corrected chi connectivity index (χ2v) is 22.2. The zero-order valence-corrected chi connectivity index (χ0v) is 44.1. The molecule has 11 rings (SSSR count). The van der Waals surface area contributed by atoms with Crippen LogP contribution in [0.25, 0.3) is 61.3 Å². The number of nitrogens with zero attached hydrogens (tertiary/aromatic N) is 4. The van der Waals surface area contributed by atoms with Crippen molar-refractivity contribution in [3.05, 3.63) is 258 Å². The molecule has 8 aromatic carbocycles. The van der Waals surface area contributed by atoms with Gasteiger partial charge in [-0.15, -0.1) is 0 Å². The number of para-hydroxylation sites is 1. The van der Waals surface area contributed by atoms with Crippen molar-refractivity contribution in [2.75, 3.05) is 0 Å². The average molecular weight is 965 g/mol. The first-order valence-electron chi connectivity index (χ1n) is 26.0. The summed E-state index contributed by atoms with van der Waals surface area (Å²) in [5.41, 5.74) is 15.3. The molecule has 0 amide bonds. The molecule has 0 fully saturated rings. The highest BCUT2D eigenvalue weighted by atomic mass is 16.5. The van der Waals surface area contributed by atoms with Gasteiger partial charge in [0.25, 0.3) is 6.33 Å². The molecule has 0 aliphatic rings. The first-order chi connectivity index (χ1) is 35.6. The van der Waals surface area contributed by atoms with Gasteiger partial charge < -0.3 is 4.74 Å². The Balaban J connectivity index is 1.06. The number of hydrogen-bond donors (Lipinski definition) is 0. The SMILES string of the molecule is CC(C)c1ccccc1-c1cc(Oc2ccc3c4ccccc4n(-c4cc(C(C)(C)c5ccccc5)ccn4)c3c2)cc(-n2[c-][n+](-c3cc(-c4ccccc4)cc(C(C)(C)c4ccccc4)c3)c(C(C)(C)C)c2)c1. The fraction of sp³-hybridized carbons (Fsp3) is 0.188. The third kappa shape index (κ3) is 9.02. The quantitative estimate of drug-likeness (QED) is 0.0903. The number of fused-ring (bicyclic) bond motifs is 3. The largest absolute Gasteiger partial charge is 0.458 e. The number of benzene rings is 8. The van der Waals surface area contributed by atoms with Crippen LogP contribution in [0.5, 0.6) is 11.5 Å². The second kappa shape index (κ2) is 19.0. The van der Waals surface area contributed by atoms with Gasteiger partial charge in [-0.05, 0) is 122 Å². The summed E-state index contributed by atoms with van der Waals surface area (Å²) >= 11 is 0. The minimum Gasteiger partial charge on any atom is -0.458 e. The Morgan fingerprint density at radius 2 is 1.14 bits per heavy atom. The number of rotatable bonds is 12. The topological polar surface area (TPSA) is 35.9 Å². The maximum absolute atomic E-state index is 7.11. The summed E-state index contributed by atoms with van der Waals surface area (Å²) in [6.07, 6.45) is 8.07. The van der Waals surface area contributed by atoms with Gasteiger partial charge in [0, 0.05) is 40.1 Å². The number of imidazole rings is 1. The maximum atomic E-state index is 7.11. The van der Waals surface area contributed by atoms with Crippen molar-refractivity contribution in [1.29, 1.82) is 0 Å². The molecule has 0 saturated heterocycles. The zero-order chi connectivity index (χ0) is 51.4. The molecular formula is C69H64N4O. The van der Waals surface area contributed by atoms with E-state index < -0.39 is 0 Å². The Morgan fingerprint density at radius 3 is 1.84 bits per heavy atom. The number of ether oxygens (including phenoxy) is 1. The lowest BCUT2D eigenvalue weighted by Gasteiger charge is -2.28. The molecule has 3 heterocycles. The minimum absolute atomic E-state index is 0.235. The normalized spacial score (nSPS) is 12.2. The Labute approximate surface area is 437 Å². The average Bonchev–Trinajstić information content (AvgIpc) is 4.03. The summed E-state index contributed by atoms with van der Waals surface area (Å²) in [4.78, 5) is 5.03. The molecule has 74 heavy (non-hydrogen) atoms. The lowest BCUT2D eigenvalue weighted by atomic mass is 9.77. The van der Waals surface area contributed by atoms with E-state index in [1.54, 1.807) is 0 Å². The number of aromatic nitrogens is 4. The predicted octanol–water partition coefficient (Wildman–Crippen LogP) is 17.2. The molecule has 5 heteroatoms. The van der Waals surface area contributed by atoms with E-state index in [-0.39, 0.29) is 16.2 Å². The van der Waals surface area contributed by atoms with Crippen molar-refractivity contribution in [2.45, 2.75) is 84.5 Å². The first kappa shape index (κ1) is 48.0. The van der Waals surface area contributed by atoms with Crippen molar-refractivity contribution in [3.8, 4) is 50.9 Å². The maximum Gasteiger partial charge on any atom is 0.269 e. The van der Waals surface area contributed by atoms with Crippen LogP contribution in [0.3, 0.4) is 0 Å². The number of pyridine rings is 1. The Hall–Kier alpha value is -8.28.